The van der Waals surface area contributed by atoms with Crippen LogP contribution < -0.4 is 0 Å². The van der Waals surface area contributed by atoms with E-state index in [4.69, 9.17) is 4.74 Å². The number of nitrogens with zero attached hydrogens (tertiary/aromatic N) is 3. The standard InChI is InChI=1S/C15H19N3O3/c1-10-16-14(15(3,4)20)17-18(10)13(21-11(2)19)12-8-6-5-7-9-12/h5-9,13,20H,1-4H3. The Morgan fingerprint density at radius 3 is 2.43 bits per heavy atom. The molecule has 0 saturated carbocycles. The van der Waals surface area contributed by atoms with E-state index in [9.17, 15) is 9.90 Å². The summed E-state index contributed by atoms with van der Waals surface area (Å²) < 4.78 is 6.87. The van der Waals surface area contributed by atoms with Crippen molar-refractivity contribution >= 4 is 5.97 Å². The van der Waals surface area contributed by atoms with E-state index in [1.165, 1.54) is 11.6 Å². The molecule has 0 fully saturated rings. The molecule has 0 bridgehead atoms. The Hall–Kier alpha value is -2.21. The van der Waals surface area contributed by atoms with E-state index in [1.54, 1.807) is 20.8 Å². The Morgan fingerprint density at radius 2 is 1.95 bits per heavy atom. The minimum Gasteiger partial charge on any atom is -0.435 e. The molecule has 0 saturated heterocycles. The van der Waals surface area contributed by atoms with Gasteiger partial charge in [0.15, 0.2) is 5.82 Å². The van der Waals surface area contributed by atoms with Crippen LogP contribution >= 0.6 is 0 Å². The van der Waals surface area contributed by atoms with Crippen molar-refractivity contribution in [3.63, 3.8) is 0 Å². The second-order valence-electron chi connectivity index (χ2n) is 5.36. The third-order valence-corrected chi connectivity index (χ3v) is 2.93. The fraction of sp³-hybridized carbons (Fsp3) is 0.400. The fourth-order valence-corrected chi connectivity index (χ4v) is 1.92. The first-order chi connectivity index (χ1) is 9.79. The van der Waals surface area contributed by atoms with Crippen LogP contribution in [0.15, 0.2) is 30.3 Å². The zero-order valence-electron chi connectivity index (χ0n) is 12.6. The Bertz CT molecular complexity index is 629. The third-order valence-electron chi connectivity index (χ3n) is 2.93. The molecule has 2 rings (SSSR count). The van der Waals surface area contributed by atoms with Crippen LogP contribution in [-0.2, 0) is 15.1 Å². The van der Waals surface area contributed by atoms with Gasteiger partial charge < -0.3 is 9.84 Å². The summed E-state index contributed by atoms with van der Waals surface area (Å²) in [7, 11) is 0. The smallest absolute Gasteiger partial charge is 0.304 e. The summed E-state index contributed by atoms with van der Waals surface area (Å²) in [6.45, 7) is 6.31. The van der Waals surface area contributed by atoms with E-state index >= 15 is 0 Å². The molecule has 0 amide bonds. The maximum Gasteiger partial charge on any atom is 0.304 e. The summed E-state index contributed by atoms with van der Waals surface area (Å²) in [6, 6.07) is 9.28. The zero-order valence-corrected chi connectivity index (χ0v) is 12.6. The molecule has 0 aliphatic carbocycles. The summed E-state index contributed by atoms with van der Waals surface area (Å²) in [5, 5.41) is 14.3. The van der Waals surface area contributed by atoms with Gasteiger partial charge in [0.25, 0.3) is 0 Å². The number of aliphatic hydroxyl groups is 1. The number of benzene rings is 1. The van der Waals surface area contributed by atoms with Crippen molar-refractivity contribution in [2.24, 2.45) is 0 Å². The minimum absolute atomic E-state index is 0.285. The topological polar surface area (TPSA) is 77.2 Å². The van der Waals surface area contributed by atoms with Gasteiger partial charge in [0.05, 0.1) is 0 Å². The number of aryl methyl sites for hydroxylation is 1. The molecule has 1 atom stereocenters. The quantitative estimate of drug-likeness (QED) is 0.870. The van der Waals surface area contributed by atoms with E-state index in [0.717, 1.165) is 5.56 Å². The Kier molecular flexibility index (Phi) is 4.09. The van der Waals surface area contributed by atoms with Gasteiger partial charge in [-0.25, -0.2) is 9.67 Å². The predicted octanol–water partition coefficient (Wildman–Crippen LogP) is 1.92. The van der Waals surface area contributed by atoms with E-state index in [-0.39, 0.29) is 5.82 Å². The van der Waals surface area contributed by atoms with Gasteiger partial charge in [-0.3, -0.25) is 4.79 Å². The molecule has 0 spiro atoms. The van der Waals surface area contributed by atoms with Crippen molar-refractivity contribution in [3.8, 4) is 0 Å². The molecule has 1 N–H and O–H groups in total. The molecule has 0 radical (unpaired) electrons. The second-order valence-corrected chi connectivity index (χ2v) is 5.36. The molecule has 6 nitrogen and oxygen atoms in total. The maximum atomic E-state index is 11.4. The van der Waals surface area contributed by atoms with Crippen molar-refractivity contribution in [1.29, 1.82) is 0 Å². The summed E-state index contributed by atoms with van der Waals surface area (Å²) >= 11 is 0. The number of carbonyl (C=O) groups excluding carboxylic acids is 1. The lowest BCUT2D eigenvalue weighted by atomic mass is 10.1. The molecule has 1 unspecified atom stereocenters. The highest BCUT2D eigenvalue weighted by molar-refractivity contribution is 5.66. The highest BCUT2D eigenvalue weighted by Crippen LogP contribution is 2.23. The molecule has 6 heteroatoms. The fourth-order valence-electron chi connectivity index (χ4n) is 1.92. The number of ether oxygens (including phenoxy) is 1. The summed E-state index contributed by atoms with van der Waals surface area (Å²) in [6.07, 6.45) is -0.702. The SMILES string of the molecule is CC(=O)OC(c1ccccc1)n1nc(C(C)(C)O)nc1C. The van der Waals surface area contributed by atoms with Gasteiger partial charge in [-0.05, 0) is 20.8 Å². The molecular weight excluding hydrogens is 270 g/mol. The molecule has 0 aliphatic heterocycles. The molecule has 1 aromatic carbocycles. The van der Waals surface area contributed by atoms with Crippen LogP contribution in [0.5, 0.6) is 0 Å². The number of hydrogen-bond acceptors (Lipinski definition) is 5. The second kappa shape index (κ2) is 5.65. The predicted molar refractivity (Wildman–Crippen MR) is 76.4 cm³/mol. The number of hydrogen-bond donors (Lipinski definition) is 1. The summed E-state index contributed by atoms with van der Waals surface area (Å²) in [5.74, 6) is 0.430. The Balaban J connectivity index is 2.47. The maximum absolute atomic E-state index is 11.4. The van der Waals surface area contributed by atoms with Crippen LogP contribution in [0.1, 0.15) is 44.2 Å². The molecule has 2 aromatic rings. The number of esters is 1. The lowest BCUT2D eigenvalue weighted by Gasteiger charge is -2.19. The van der Waals surface area contributed by atoms with Crippen molar-refractivity contribution < 1.29 is 14.6 Å². The van der Waals surface area contributed by atoms with E-state index in [0.29, 0.717) is 5.82 Å². The lowest BCUT2D eigenvalue weighted by Crippen LogP contribution is -2.21. The minimum atomic E-state index is -1.16. The van der Waals surface area contributed by atoms with Crippen LogP contribution in [0.4, 0.5) is 0 Å². The monoisotopic (exact) mass is 289 g/mol. The van der Waals surface area contributed by atoms with Gasteiger partial charge >= 0.3 is 5.97 Å². The molecule has 1 aromatic heterocycles. The van der Waals surface area contributed by atoms with Gasteiger partial charge in [0, 0.05) is 12.5 Å². The van der Waals surface area contributed by atoms with Crippen molar-refractivity contribution in [2.45, 2.75) is 39.5 Å². The van der Waals surface area contributed by atoms with E-state index < -0.39 is 17.8 Å². The third kappa shape index (κ3) is 3.46. The van der Waals surface area contributed by atoms with Crippen molar-refractivity contribution in [2.75, 3.05) is 0 Å². The van der Waals surface area contributed by atoms with Gasteiger partial charge in [0.2, 0.25) is 6.23 Å². The van der Waals surface area contributed by atoms with Gasteiger partial charge in [0.1, 0.15) is 11.4 Å². The summed E-state index contributed by atoms with van der Waals surface area (Å²) in [5.41, 5.74) is -0.379. The largest absolute Gasteiger partial charge is 0.435 e. The van der Waals surface area contributed by atoms with Crippen LogP contribution in [-0.4, -0.2) is 25.8 Å². The number of aromatic nitrogens is 3. The highest BCUT2D eigenvalue weighted by atomic mass is 16.6. The first kappa shape index (κ1) is 15.2. The zero-order chi connectivity index (χ0) is 15.6. The van der Waals surface area contributed by atoms with Crippen molar-refractivity contribution in [3.05, 3.63) is 47.5 Å². The van der Waals surface area contributed by atoms with Gasteiger partial charge in [-0.2, -0.15) is 0 Å². The van der Waals surface area contributed by atoms with Gasteiger partial charge in [-0.1, -0.05) is 30.3 Å². The number of carbonyl (C=O) groups is 1. The Labute approximate surface area is 123 Å². The lowest BCUT2D eigenvalue weighted by molar-refractivity contribution is -0.149. The van der Waals surface area contributed by atoms with Crippen molar-refractivity contribution in [1.82, 2.24) is 14.8 Å². The molecule has 21 heavy (non-hydrogen) atoms. The van der Waals surface area contributed by atoms with Gasteiger partial charge in [-0.15, -0.1) is 5.10 Å². The van der Waals surface area contributed by atoms with Crippen LogP contribution in [0.25, 0.3) is 0 Å². The van der Waals surface area contributed by atoms with Crippen LogP contribution in [0.3, 0.4) is 0 Å². The molecule has 0 aliphatic rings. The van der Waals surface area contributed by atoms with Crippen LogP contribution in [0.2, 0.25) is 0 Å². The average molecular weight is 289 g/mol. The normalized spacial score (nSPS) is 13.0. The average Bonchev–Trinajstić information content (AvgIpc) is 2.79. The summed E-state index contributed by atoms with van der Waals surface area (Å²) in [4.78, 5) is 15.6. The Morgan fingerprint density at radius 1 is 1.33 bits per heavy atom. The van der Waals surface area contributed by atoms with E-state index in [1.807, 2.05) is 30.3 Å². The van der Waals surface area contributed by atoms with Crippen LogP contribution in [0, 0.1) is 6.92 Å². The molecular formula is C15H19N3O3. The molecule has 112 valence electrons. The first-order valence-corrected chi connectivity index (χ1v) is 6.67. The highest BCUT2D eigenvalue weighted by Gasteiger charge is 2.27. The molecule has 1 heterocycles. The van der Waals surface area contributed by atoms with E-state index in [2.05, 4.69) is 10.1 Å². The first-order valence-electron chi connectivity index (χ1n) is 6.67. The number of rotatable bonds is 4.